The molecule has 38 heavy (non-hydrogen) atoms. The van der Waals surface area contributed by atoms with Crippen molar-refractivity contribution in [2.24, 2.45) is 5.92 Å². The van der Waals surface area contributed by atoms with E-state index in [1.54, 1.807) is 11.9 Å². The summed E-state index contributed by atoms with van der Waals surface area (Å²) >= 11 is 0. The number of likely N-dealkylation sites (N-methyl/N-ethyl adjacent to an activating group) is 1. The largest absolute Gasteiger partial charge is 0.602 e. The highest BCUT2D eigenvalue weighted by atomic mass is 16.6. The van der Waals surface area contributed by atoms with Crippen LogP contribution in [0.1, 0.15) is 55.6 Å². The van der Waals surface area contributed by atoms with Gasteiger partial charge in [0.1, 0.15) is 17.8 Å². The Balaban J connectivity index is 1.55. The second-order valence-electron chi connectivity index (χ2n) is 10.4. The second kappa shape index (κ2) is 12.3. The Morgan fingerprint density at radius 3 is 2.32 bits per heavy atom. The SMILES string of the molecule is CC(C)C[C@H](CC(=O)[C@H](Cc1ccccc1)NC(=O)c1cnccn1)B1OC(=O)[C@@H]2CC[C@@H](C(=O)O1)N2C. The van der Waals surface area contributed by atoms with E-state index in [9.17, 15) is 19.2 Å². The fourth-order valence-electron chi connectivity index (χ4n) is 5.15. The molecule has 0 radical (unpaired) electrons. The van der Waals surface area contributed by atoms with Crippen LogP contribution in [0.5, 0.6) is 0 Å². The van der Waals surface area contributed by atoms with Gasteiger partial charge in [-0.1, -0.05) is 44.2 Å². The van der Waals surface area contributed by atoms with Gasteiger partial charge in [0.15, 0.2) is 5.78 Å². The van der Waals surface area contributed by atoms with E-state index in [4.69, 9.17) is 9.31 Å². The van der Waals surface area contributed by atoms with Crippen molar-refractivity contribution in [3.8, 4) is 0 Å². The van der Waals surface area contributed by atoms with Crippen molar-refractivity contribution in [2.45, 2.75) is 69.9 Å². The van der Waals surface area contributed by atoms with Gasteiger partial charge in [-0.3, -0.25) is 29.1 Å². The van der Waals surface area contributed by atoms with Gasteiger partial charge in [0.05, 0.1) is 12.2 Å². The number of carbonyl (C=O) groups is 4. The van der Waals surface area contributed by atoms with E-state index in [0.717, 1.165) is 5.56 Å². The second-order valence-corrected chi connectivity index (χ2v) is 10.4. The van der Waals surface area contributed by atoms with Gasteiger partial charge in [0.25, 0.3) is 5.91 Å². The predicted molar refractivity (Wildman–Crippen MR) is 139 cm³/mol. The van der Waals surface area contributed by atoms with Crippen molar-refractivity contribution in [3.05, 3.63) is 60.2 Å². The van der Waals surface area contributed by atoms with Gasteiger partial charge in [0, 0.05) is 24.6 Å². The molecule has 0 saturated carbocycles. The standard InChI is InChI=1S/C27H33BN4O6/c1-17(2)13-19(28-37-26(35)22-9-10-23(32(22)3)27(36)38-28)15-24(33)20(14-18-7-5-4-6-8-18)31-25(34)21-16-29-11-12-30-21/h4-8,11-12,16-17,19-20,22-23H,9-10,13-15H2,1-3H3,(H,31,34)/t19-,20+,22+,23+/m1/s1. The van der Waals surface area contributed by atoms with Crippen LogP contribution in [0, 0.1) is 5.92 Å². The third-order valence-corrected chi connectivity index (χ3v) is 7.10. The molecule has 0 aliphatic carbocycles. The van der Waals surface area contributed by atoms with Gasteiger partial charge < -0.3 is 14.6 Å². The fraction of sp³-hybridized carbons (Fsp3) is 0.481. The smallest absolute Gasteiger partial charge is 0.498 e. The summed E-state index contributed by atoms with van der Waals surface area (Å²) in [5.41, 5.74) is 0.966. The van der Waals surface area contributed by atoms with Gasteiger partial charge >= 0.3 is 19.1 Å². The lowest BCUT2D eigenvalue weighted by atomic mass is 9.64. The molecule has 2 aliphatic rings. The number of amides is 1. The Kier molecular flexibility index (Phi) is 8.88. The van der Waals surface area contributed by atoms with Crippen LogP contribution < -0.4 is 5.32 Å². The van der Waals surface area contributed by atoms with Crippen molar-refractivity contribution in [3.63, 3.8) is 0 Å². The van der Waals surface area contributed by atoms with Crippen LogP contribution in [0.25, 0.3) is 0 Å². The lowest BCUT2D eigenvalue weighted by Crippen LogP contribution is -2.51. The van der Waals surface area contributed by atoms with E-state index in [1.807, 2.05) is 44.2 Å². The average molecular weight is 520 g/mol. The maximum Gasteiger partial charge on any atom is 0.602 e. The summed E-state index contributed by atoms with van der Waals surface area (Å²) in [6, 6.07) is 7.47. The maximum atomic E-state index is 13.7. The molecule has 2 bridgehead atoms. The lowest BCUT2D eigenvalue weighted by Gasteiger charge is -2.32. The predicted octanol–water partition coefficient (Wildman–Crippen LogP) is 2.24. The van der Waals surface area contributed by atoms with E-state index in [1.165, 1.54) is 18.6 Å². The Labute approximate surface area is 222 Å². The normalized spacial score (nSPS) is 21.2. The average Bonchev–Trinajstić information content (AvgIpc) is 3.31. The van der Waals surface area contributed by atoms with Crippen LogP contribution in [0.2, 0.25) is 5.82 Å². The first-order chi connectivity index (χ1) is 18.2. The Morgan fingerprint density at radius 1 is 1.08 bits per heavy atom. The number of Topliss-reactive ketones (excluding diaryl/α,β-unsaturated/α-hetero) is 1. The number of nitrogens with zero attached hydrogens (tertiary/aromatic N) is 3. The number of hydrogen-bond donors (Lipinski definition) is 1. The summed E-state index contributed by atoms with van der Waals surface area (Å²) in [6.45, 7) is 3.97. The van der Waals surface area contributed by atoms with E-state index >= 15 is 0 Å². The lowest BCUT2D eigenvalue weighted by molar-refractivity contribution is -0.151. The Hall–Kier alpha value is -3.60. The summed E-state index contributed by atoms with van der Waals surface area (Å²) < 4.78 is 11.4. The van der Waals surface area contributed by atoms with Crippen LogP contribution in [-0.4, -0.2) is 70.8 Å². The number of benzene rings is 1. The fourth-order valence-corrected chi connectivity index (χ4v) is 5.15. The highest BCUT2D eigenvalue weighted by molar-refractivity contribution is 6.51. The molecule has 4 atom stereocenters. The molecule has 2 aromatic rings. The van der Waals surface area contributed by atoms with Gasteiger partial charge in [-0.2, -0.15) is 0 Å². The van der Waals surface area contributed by atoms with E-state index in [0.29, 0.717) is 19.3 Å². The number of nitrogens with one attached hydrogen (secondary N) is 1. The minimum absolute atomic E-state index is 0.0488. The van der Waals surface area contributed by atoms with Crippen LogP contribution in [0.15, 0.2) is 48.9 Å². The molecule has 10 nitrogen and oxygen atoms in total. The number of ketones is 1. The molecule has 1 amide bonds. The zero-order valence-electron chi connectivity index (χ0n) is 21.9. The van der Waals surface area contributed by atoms with Crippen molar-refractivity contribution >= 4 is 30.7 Å². The third-order valence-electron chi connectivity index (χ3n) is 7.10. The molecule has 0 spiro atoms. The van der Waals surface area contributed by atoms with Gasteiger partial charge in [0.2, 0.25) is 0 Å². The molecule has 200 valence electrons. The molecular weight excluding hydrogens is 487 g/mol. The zero-order chi connectivity index (χ0) is 27.2. The van der Waals surface area contributed by atoms with Crippen LogP contribution in [0.3, 0.4) is 0 Å². The van der Waals surface area contributed by atoms with Crippen molar-refractivity contribution in [2.75, 3.05) is 7.05 Å². The highest BCUT2D eigenvalue weighted by Gasteiger charge is 2.49. The molecule has 1 aromatic heterocycles. The van der Waals surface area contributed by atoms with Crippen molar-refractivity contribution in [1.82, 2.24) is 20.2 Å². The van der Waals surface area contributed by atoms with Crippen LogP contribution in [0.4, 0.5) is 0 Å². The molecule has 1 N–H and O–H groups in total. The summed E-state index contributed by atoms with van der Waals surface area (Å²) in [7, 11) is 0.542. The minimum atomic E-state index is -1.17. The van der Waals surface area contributed by atoms with E-state index in [2.05, 4.69) is 15.3 Å². The van der Waals surface area contributed by atoms with Gasteiger partial charge in [-0.15, -0.1) is 0 Å². The molecule has 3 heterocycles. The molecule has 2 fully saturated rings. The molecule has 4 rings (SSSR count). The summed E-state index contributed by atoms with van der Waals surface area (Å²) in [5, 5.41) is 2.80. The molecule has 11 heteroatoms. The minimum Gasteiger partial charge on any atom is -0.498 e. The Morgan fingerprint density at radius 2 is 1.74 bits per heavy atom. The van der Waals surface area contributed by atoms with Gasteiger partial charge in [-0.25, -0.2) is 4.98 Å². The maximum absolute atomic E-state index is 13.7. The summed E-state index contributed by atoms with van der Waals surface area (Å²) in [6.07, 6.45) is 5.93. The number of aromatic nitrogens is 2. The summed E-state index contributed by atoms with van der Waals surface area (Å²) in [5.74, 6) is -2.11. The van der Waals surface area contributed by atoms with E-state index in [-0.39, 0.29) is 30.2 Å². The number of carbonyl (C=O) groups excluding carboxylic acids is 4. The molecular formula is C27H33BN4O6. The molecule has 2 aliphatic heterocycles. The first-order valence-electron chi connectivity index (χ1n) is 13.0. The Bertz CT molecular complexity index is 1120. The first-order valence-corrected chi connectivity index (χ1v) is 13.0. The molecule has 0 unspecified atom stereocenters. The summed E-state index contributed by atoms with van der Waals surface area (Å²) in [4.78, 5) is 62.0. The zero-order valence-corrected chi connectivity index (χ0v) is 21.9. The van der Waals surface area contributed by atoms with Crippen LogP contribution >= 0.6 is 0 Å². The van der Waals surface area contributed by atoms with E-state index < -0.39 is 48.9 Å². The quantitative estimate of drug-likeness (QED) is 0.469. The topological polar surface area (TPSA) is 128 Å². The van der Waals surface area contributed by atoms with Gasteiger partial charge in [-0.05, 0) is 44.2 Å². The van der Waals surface area contributed by atoms with Crippen molar-refractivity contribution in [1.29, 1.82) is 0 Å². The number of rotatable bonds is 10. The highest BCUT2D eigenvalue weighted by Crippen LogP contribution is 2.33. The number of hydrogen-bond acceptors (Lipinski definition) is 9. The molecule has 1 aromatic carbocycles. The van der Waals surface area contributed by atoms with Crippen molar-refractivity contribution < 1.29 is 28.5 Å². The first kappa shape index (κ1) is 27.4. The molecule has 2 saturated heterocycles. The monoisotopic (exact) mass is 520 g/mol. The van der Waals surface area contributed by atoms with Crippen LogP contribution in [-0.2, 0) is 30.1 Å². The third kappa shape index (κ3) is 6.63. The number of fused-ring (bicyclic) bond motifs is 2.